The summed E-state index contributed by atoms with van der Waals surface area (Å²) in [5, 5.41) is 0.793. The molecule has 0 N–H and O–H groups in total. The first-order valence-corrected chi connectivity index (χ1v) is 20.2. The number of carbonyl (C=O) groups is 3. The van der Waals surface area contributed by atoms with Gasteiger partial charge in [0, 0.05) is 39.2 Å². The van der Waals surface area contributed by atoms with Crippen molar-refractivity contribution >= 4 is 39.1 Å². The summed E-state index contributed by atoms with van der Waals surface area (Å²) in [5.41, 5.74) is 1.98. The van der Waals surface area contributed by atoms with Crippen LogP contribution in [-0.2, 0) is 9.59 Å². The predicted octanol–water partition coefficient (Wildman–Crippen LogP) is 10.8. The topological polar surface area (TPSA) is 82.1 Å². The zero-order valence-corrected chi connectivity index (χ0v) is 32.4. The standard InChI is InChI=1S/C44H55NO6S/c1-6-10-33(11-7-2)43(47)50-36-20-16-32(17-21-36)42-40(38-23-22-37(28-39(38)52-42)51-44(48)34(12-8-3)13-9-4)41(46)31-14-18-35(19-15-31)49-27-26-45-25-24-30(5)29-45/h14-23,28,30,33-34H,6-13,24-27,29H2,1-5H3. The van der Waals surface area contributed by atoms with E-state index in [9.17, 15) is 14.4 Å². The van der Waals surface area contributed by atoms with Crippen LogP contribution in [0.5, 0.6) is 17.2 Å². The van der Waals surface area contributed by atoms with Crippen molar-refractivity contribution in [1.82, 2.24) is 4.90 Å². The Morgan fingerprint density at radius 2 is 1.31 bits per heavy atom. The first-order chi connectivity index (χ1) is 25.2. The summed E-state index contributed by atoms with van der Waals surface area (Å²) in [6.45, 7) is 14.3. The summed E-state index contributed by atoms with van der Waals surface area (Å²) >= 11 is 1.49. The molecule has 1 aliphatic heterocycles. The van der Waals surface area contributed by atoms with E-state index in [1.54, 1.807) is 18.2 Å². The van der Waals surface area contributed by atoms with Gasteiger partial charge in [0.15, 0.2) is 5.78 Å². The number of fused-ring (bicyclic) bond motifs is 1. The minimum atomic E-state index is -0.210. The fourth-order valence-electron chi connectivity index (χ4n) is 7.17. The minimum Gasteiger partial charge on any atom is -0.492 e. The zero-order chi connectivity index (χ0) is 37.0. The number of thiophene rings is 1. The lowest BCUT2D eigenvalue weighted by Gasteiger charge is -2.15. The first-order valence-electron chi connectivity index (χ1n) is 19.3. The van der Waals surface area contributed by atoms with Crippen molar-refractivity contribution in [2.45, 2.75) is 92.4 Å². The van der Waals surface area contributed by atoms with Crippen molar-refractivity contribution in [2.24, 2.45) is 17.8 Å². The average Bonchev–Trinajstić information content (AvgIpc) is 3.74. The van der Waals surface area contributed by atoms with Crippen LogP contribution < -0.4 is 14.2 Å². The van der Waals surface area contributed by atoms with Crippen molar-refractivity contribution in [2.75, 3.05) is 26.2 Å². The molecule has 0 radical (unpaired) electrons. The number of benzene rings is 3. The van der Waals surface area contributed by atoms with Gasteiger partial charge >= 0.3 is 11.9 Å². The quantitative estimate of drug-likeness (QED) is 0.0541. The lowest BCUT2D eigenvalue weighted by atomic mass is 9.97. The van der Waals surface area contributed by atoms with E-state index in [2.05, 4.69) is 39.5 Å². The Morgan fingerprint density at radius 3 is 1.87 bits per heavy atom. The van der Waals surface area contributed by atoms with E-state index in [-0.39, 0.29) is 29.6 Å². The van der Waals surface area contributed by atoms with Gasteiger partial charge in [-0.05, 0) is 117 Å². The molecule has 5 rings (SSSR count). The largest absolute Gasteiger partial charge is 0.492 e. The molecule has 0 bridgehead atoms. The molecule has 0 saturated carbocycles. The van der Waals surface area contributed by atoms with Crippen LogP contribution in [0.2, 0.25) is 0 Å². The van der Waals surface area contributed by atoms with Crippen molar-refractivity contribution in [3.8, 4) is 27.7 Å². The Balaban J connectivity index is 1.41. The van der Waals surface area contributed by atoms with E-state index in [1.165, 1.54) is 17.8 Å². The van der Waals surface area contributed by atoms with Crippen LogP contribution >= 0.6 is 11.3 Å². The lowest BCUT2D eigenvalue weighted by Crippen LogP contribution is -2.25. The first kappa shape index (κ1) is 39.2. The Labute approximate surface area is 313 Å². The molecular weight excluding hydrogens is 671 g/mol. The van der Waals surface area contributed by atoms with E-state index < -0.39 is 0 Å². The molecule has 1 atom stereocenters. The molecule has 1 unspecified atom stereocenters. The van der Waals surface area contributed by atoms with Gasteiger partial charge in [0.05, 0.1) is 11.8 Å². The van der Waals surface area contributed by atoms with Gasteiger partial charge in [0.2, 0.25) is 0 Å². The average molecular weight is 726 g/mol. The molecule has 8 heteroatoms. The minimum absolute atomic E-state index is 0.105. The van der Waals surface area contributed by atoms with Gasteiger partial charge in [-0.3, -0.25) is 19.3 Å². The number of esters is 2. The molecular formula is C44H55NO6S. The molecule has 278 valence electrons. The Hall–Kier alpha value is -4.01. The summed E-state index contributed by atoms with van der Waals surface area (Å²) in [6, 6.07) is 20.3. The summed E-state index contributed by atoms with van der Waals surface area (Å²) in [6.07, 6.45) is 8.11. The maximum absolute atomic E-state index is 14.4. The lowest BCUT2D eigenvalue weighted by molar-refractivity contribution is -0.140. The van der Waals surface area contributed by atoms with Gasteiger partial charge in [0.25, 0.3) is 0 Å². The fraction of sp³-hybridized carbons (Fsp3) is 0.477. The number of hydrogen-bond donors (Lipinski definition) is 0. The van der Waals surface area contributed by atoms with Crippen molar-refractivity contribution in [1.29, 1.82) is 0 Å². The van der Waals surface area contributed by atoms with Crippen LogP contribution in [0.15, 0.2) is 66.7 Å². The predicted molar refractivity (Wildman–Crippen MR) is 211 cm³/mol. The monoisotopic (exact) mass is 725 g/mol. The van der Waals surface area contributed by atoms with Crippen LogP contribution in [0.3, 0.4) is 0 Å². The van der Waals surface area contributed by atoms with Crippen LogP contribution in [0.1, 0.15) is 108 Å². The maximum Gasteiger partial charge on any atom is 0.314 e. The summed E-state index contributed by atoms with van der Waals surface area (Å²) in [7, 11) is 0. The molecule has 4 aromatic rings. The fourth-order valence-corrected chi connectivity index (χ4v) is 8.40. The highest BCUT2D eigenvalue weighted by molar-refractivity contribution is 7.22. The summed E-state index contributed by atoms with van der Waals surface area (Å²) in [5.74, 6) is 1.66. The van der Waals surface area contributed by atoms with E-state index in [1.807, 2.05) is 48.5 Å². The molecule has 1 fully saturated rings. The molecule has 0 amide bonds. The molecule has 7 nitrogen and oxygen atoms in total. The maximum atomic E-state index is 14.4. The smallest absolute Gasteiger partial charge is 0.314 e. The number of carbonyl (C=O) groups excluding carboxylic acids is 3. The normalized spacial score (nSPS) is 14.7. The Kier molecular flexibility index (Phi) is 14.5. The molecule has 1 aromatic heterocycles. The third-order valence-electron chi connectivity index (χ3n) is 9.96. The molecule has 0 aliphatic carbocycles. The second kappa shape index (κ2) is 19.2. The molecule has 1 aliphatic rings. The van der Waals surface area contributed by atoms with Crippen molar-refractivity contribution < 1.29 is 28.6 Å². The Morgan fingerprint density at radius 1 is 0.750 bits per heavy atom. The number of hydrogen-bond acceptors (Lipinski definition) is 8. The second-order valence-electron chi connectivity index (χ2n) is 14.3. The van der Waals surface area contributed by atoms with E-state index >= 15 is 0 Å². The SMILES string of the molecule is CCCC(CCC)C(=O)Oc1ccc(-c2sc3cc(OC(=O)C(CCC)CCC)ccc3c2C(=O)c2ccc(OCCN3CCC(C)C3)cc2)cc1. The molecule has 1 saturated heterocycles. The van der Waals surface area contributed by atoms with E-state index in [0.29, 0.717) is 29.2 Å². The van der Waals surface area contributed by atoms with Gasteiger partial charge in [-0.2, -0.15) is 0 Å². The van der Waals surface area contributed by atoms with Gasteiger partial charge in [0.1, 0.15) is 23.9 Å². The third kappa shape index (κ3) is 10.1. The van der Waals surface area contributed by atoms with Crippen molar-refractivity contribution in [3.63, 3.8) is 0 Å². The molecule has 52 heavy (non-hydrogen) atoms. The third-order valence-corrected chi connectivity index (χ3v) is 11.2. The summed E-state index contributed by atoms with van der Waals surface area (Å²) in [4.78, 5) is 43.6. The van der Waals surface area contributed by atoms with Crippen LogP contribution in [0.25, 0.3) is 20.5 Å². The molecule has 2 heterocycles. The zero-order valence-electron chi connectivity index (χ0n) is 31.6. The molecule has 0 spiro atoms. The second-order valence-corrected chi connectivity index (χ2v) is 15.3. The van der Waals surface area contributed by atoms with Gasteiger partial charge < -0.3 is 14.2 Å². The summed E-state index contributed by atoms with van der Waals surface area (Å²) < 4.78 is 18.6. The van der Waals surface area contributed by atoms with Gasteiger partial charge in [-0.25, -0.2) is 0 Å². The highest BCUT2D eigenvalue weighted by atomic mass is 32.1. The Bertz CT molecular complexity index is 1770. The number of ketones is 1. The number of nitrogens with zero attached hydrogens (tertiary/aromatic N) is 1. The highest BCUT2D eigenvalue weighted by Crippen LogP contribution is 2.42. The molecule has 3 aromatic carbocycles. The number of ether oxygens (including phenoxy) is 3. The van der Waals surface area contributed by atoms with Crippen LogP contribution in [-0.4, -0.2) is 48.9 Å². The van der Waals surface area contributed by atoms with Gasteiger partial charge in [-0.1, -0.05) is 60.3 Å². The number of rotatable bonds is 19. The van der Waals surface area contributed by atoms with Crippen LogP contribution in [0.4, 0.5) is 0 Å². The highest BCUT2D eigenvalue weighted by Gasteiger charge is 2.25. The van der Waals surface area contributed by atoms with Crippen molar-refractivity contribution in [3.05, 3.63) is 77.9 Å². The van der Waals surface area contributed by atoms with Crippen LogP contribution in [0, 0.1) is 17.8 Å². The van der Waals surface area contributed by atoms with Gasteiger partial charge in [-0.15, -0.1) is 11.3 Å². The van der Waals surface area contributed by atoms with E-state index in [4.69, 9.17) is 14.2 Å². The number of likely N-dealkylation sites (tertiary alicyclic amines) is 1. The van der Waals surface area contributed by atoms with E-state index in [0.717, 1.165) is 103 Å².